The summed E-state index contributed by atoms with van der Waals surface area (Å²) in [6.07, 6.45) is 0.0531. The van der Waals surface area contributed by atoms with Crippen LogP contribution in [0.4, 0.5) is 5.00 Å². The predicted molar refractivity (Wildman–Crippen MR) is 84.3 cm³/mol. The van der Waals surface area contributed by atoms with E-state index >= 15 is 0 Å². The summed E-state index contributed by atoms with van der Waals surface area (Å²) in [6.45, 7) is 1.22. The van der Waals surface area contributed by atoms with Gasteiger partial charge in [-0.25, -0.2) is 4.79 Å². The summed E-state index contributed by atoms with van der Waals surface area (Å²) in [5, 5.41) is 5.06. The molecule has 116 valence electrons. The number of methoxy groups -OCH3 is 1. The number of hydrogen-bond donors (Lipinski definition) is 1. The number of rotatable bonds is 4. The fourth-order valence-electron chi connectivity index (χ4n) is 2.24. The fourth-order valence-corrected chi connectivity index (χ4v) is 4.22. The van der Waals surface area contributed by atoms with E-state index in [0.29, 0.717) is 28.8 Å². The molecule has 7 nitrogen and oxygen atoms in total. The molecule has 0 unspecified atom stereocenters. The van der Waals surface area contributed by atoms with Crippen molar-refractivity contribution in [2.75, 3.05) is 25.5 Å². The highest BCUT2D eigenvalue weighted by molar-refractivity contribution is 8.15. The Hall–Kier alpha value is -1.87. The first-order valence-electron chi connectivity index (χ1n) is 6.58. The minimum Gasteiger partial charge on any atom is -0.465 e. The fraction of sp³-hybridized carbons (Fsp3) is 0.385. The molecule has 3 heterocycles. The Kier molecular flexibility index (Phi) is 4.16. The Bertz CT molecular complexity index is 670. The van der Waals surface area contributed by atoms with E-state index in [1.807, 2.05) is 0 Å². The second kappa shape index (κ2) is 6.09. The van der Waals surface area contributed by atoms with Gasteiger partial charge in [-0.3, -0.25) is 19.5 Å². The molecule has 2 aliphatic heterocycles. The van der Waals surface area contributed by atoms with Crippen molar-refractivity contribution in [3.63, 3.8) is 0 Å². The van der Waals surface area contributed by atoms with Gasteiger partial charge in [0, 0.05) is 13.0 Å². The molecule has 0 radical (unpaired) electrons. The maximum atomic E-state index is 12.1. The lowest BCUT2D eigenvalue weighted by atomic mass is 10.2. The van der Waals surface area contributed by atoms with Crippen molar-refractivity contribution in [2.45, 2.75) is 11.7 Å². The number of anilines is 1. The molecule has 1 N–H and O–H groups in total. The van der Waals surface area contributed by atoms with E-state index in [-0.39, 0.29) is 18.2 Å². The molecule has 1 saturated heterocycles. The van der Waals surface area contributed by atoms with Crippen LogP contribution in [-0.4, -0.2) is 53.3 Å². The molecule has 1 aromatic rings. The van der Waals surface area contributed by atoms with Gasteiger partial charge >= 0.3 is 5.97 Å². The zero-order valence-electron chi connectivity index (χ0n) is 11.7. The van der Waals surface area contributed by atoms with Gasteiger partial charge in [0.1, 0.15) is 10.3 Å². The van der Waals surface area contributed by atoms with Gasteiger partial charge in [0.25, 0.3) is 0 Å². The van der Waals surface area contributed by atoms with Crippen LogP contribution in [0.25, 0.3) is 0 Å². The molecule has 3 rings (SSSR count). The molecule has 1 fully saturated rings. The number of ether oxygens (including phenoxy) is 1. The largest absolute Gasteiger partial charge is 0.465 e. The number of thiophene rings is 1. The highest BCUT2D eigenvalue weighted by Gasteiger charge is 2.40. The Morgan fingerprint density at radius 3 is 3.09 bits per heavy atom. The van der Waals surface area contributed by atoms with Gasteiger partial charge in [-0.05, 0) is 11.4 Å². The summed E-state index contributed by atoms with van der Waals surface area (Å²) in [4.78, 5) is 41.6. The molecule has 9 heteroatoms. The molecular weight excluding hydrogens is 326 g/mol. The third-order valence-electron chi connectivity index (χ3n) is 3.28. The van der Waals surface area contributed by atoms with Crippen LogP contribution in [0.2, 0.25) is 0 Å². The van der Waals surface area contributed by atoms with Crippen molar-refractivity contribution in [2.24, 2.45) is 4.99 Å². The van der Waals surface area contributed by atoms with E-state index in [9.17, 15) is 14.4 Å². The zero-order valence-corrected chi connectivity index (χ0v) is 13.3. The van der Waals surface area contributed by atoms with Gasteiger partial charge in [0.15, 0.2) is 5.17 Å². The number of thioether (sulfide) groups is 1. The SMILES string of the molecule is COC(=O)c1ccsc1NC(=O)C[C@H]1SC2=NCCN2C1=O. The smallest absolute Gasteiger partial charge is 0.340 e. The highest BCUT2D eigenvalue weighted by Crippen LogP contribution is 2.32. The number of amidine groups is 1. The second-order valence-electron chi connectivity index (χ2n) is 4.67. The van der Waals surface area contributed by atoms with Crippen molar-refractivity contribution in [3.8, 4) is 0 Å². The molecule has 2 amide bonds. The van der Waals surface area contributed by atoms with Crippen LogP contribution >= 0.6 is 23.1 Å². The molecule has 1 aromatic heterocycles. The first kappa shape index (κ1) is 15.0. The molecule has 0 saturated carbocycles. The van der Waals surface area contributed by atoms with Crippen molar-refractivity contribution >= 4 is 51.1 Å². The topological polar surface area (TPSA) is 88.1 Å². The third kappa shape index (κ3) is 2.73. The van der Waals surface area contributed by atoms with E-state index < -0.39 is 11.2 Å². The molecule has 1 atom stereocenters. The maximum Gasteiger partial charge on any atom is 0.340 e. The normalized spacial score (nSPS) is 19.9. The van der Waals surface area contributed by atoms with Crippen LogP contribution in [-0.2, 0) is 14.3 Å². The Morgan fingerprint density at radius 2 is 2.36 bits per heavy atom. The quantitative estimate of drug-likeness (QED) is 0.832. The minimum atomic E-state index is -0.502. The van der Waals surface area contributed by atoms with E-state index in [2.05, 4.69) is 15.0 Å². The summed E-state index contributed by atoms with van der Waals surface area (Å²) in [7, 11) is 1.29. The number of nitrogens with one attached hydrogen (secondary N) is 1. The average Bonchev–Trinajstić information content (AvgIpc) is 3.18. The van der Waals surface area contributed by atoms with E-state index in [1.54, 1.807) is 16.3 Å². The number of aliphatic imine (C=N–C) groups is 1. The zero-order chi connectivity index (χ0) is 15.7. The molecule has 22 heavy (non-hydrogen) atoms. The number of carbonyl (C=O) groups excluding carboxylic acids is 3. The van der Waals surface area contributed by atoms with Crippen LogP contribution in [0.15, 0.2) is 16.4 Å². The van der Waals surface area contributed by atoms with Gasteiger partial charge in [-0.2, -0.15) is 0 Å². The summed E-state index contributed by atoms with van der Waals surface area (Å²) in [5.41, 5.74) is 0.316. The summed E-state index contributed by atoms with van der Waals surface area (Å²) in [5.74, 6) is -0.881. The Balaban J connectivity index is 1.63. The van der Waals surface area contributed by atoms with Gasteiger partial charge in [0.05, 0.1) is 19.2 Å². The lowest BCUT2D eigenvalue weighted by Gasteiger charge is -2.10. The van der Waals surface area contributed by atoms with Crippen LogP contribution in [0, 0.1) is 0 Å². The van der Waals surface area contributed by atoms with Crippen molar-refractivity contribution in [1.82, 2.24) is 4.90 Å². The van der Waals surface area contributed by atoms with Gasteiger partial charge < -0.3 is 10.1 Å². The molecule has 2 aliphatic rings. The third-order valence-corrected chi connectivity index (χ3v) is 5.33. The minimum absolute atomic E-state index is 0.0531. The second-order valence-corrected chi connectivity index (χ2v) is 6.75. The van der Waals surface area contributed by atoms with E-state index in [1.165, 1.54) is 30.2 Å². The maximum absolute atomic E-state index is 12.1. The first-order chi connectivity index (χ1) is 10.6. The van der Waals surface area contributed by atoms with E-state index in [4.69, 9.17) is 0 Å². The van der Waals surface area contributed by atoms with Crippen LogP contribution in [0.1, 0.15) is 16.8 Å². The van der Waals surface area contributed by atoms with Crippen molar-refractivity contribution < 1.29 is 19.1 Å². The summed E-state index contributed by atoms with van der Waals surface area (Å²) in [6, 6.07) is 1.59. The Labute approximate surface area is 134 Å². The standard InChI is InChI=1S/C13H13N3O4S2/c1-20-12(19)7-2-5-21-10(7)15-9(17)6-8-11(18)16-4-3-14-13(16)22-8/h2,5,8H,3-4,6H2,1H3,(H,15,17)/t8-/m1/s1. The number of carbonyl (C=O) groups is 3. The lowest BCUT2D eigenvalue weighted by molar-refractivity contribution is -0.127. The summed E-state index contributed by atoms with van der Waals surface area (Å²) < 4.78 is 4.65. The van der Waals surface area contributed by atoms with E-state index in [0.717, 1.165) is 0 Å². The first-order valence-corrected chi connectivity index (χ1v) is 8.34. The number of esters is 1. The number of nitrogens with zero attached hydrogens (tertiary/aromatic N) is 2. The van der Waals surface area contributed by atoms with Crippen LogP contribution in [0.5, 0.6) is 0 Å². The molecular formula is C13H13N3O4S2. The Morgan fingerprint density at radius 1 is 1.55 bits per heavy atom. The predicted octanol–water partition coefficient (Wildman–Crippen LogP) is 1.18. The lowest BCUT2D eigenvalue weighted by Crippen LogP contribution is -2.32. The number of amides is 2. The molecule has 0 aromatic carbocycles. The van der Waals surface area contributed by atoms with Crippen molar-refractivity contribution in [1.29, 1.82) is 0 Å². The van der Waals surface area contributed by atoms with Crippen LogP contribution < -0.4 is 5.32 Å². The van der Waals surface area contributed by atoms with Gasteiger partial charge in [-0.1, -0.05) is 11.8 Å². The highest BCUT2D eigenvalue weighted by atomic mass is 32.2. The number of fused-ring (bicyclic) bond motifs is 1. The molecule has 0 aliphatic carbocycles. The molecule has 0 spiro atoms. The number of hydrogen-bond acceptors (Lipinski definition) is 7. The average molecular weight is 339 g/mol. The van der Waals surface area contributed by atoms with Gasteiger partial charge in [-0.15, -0.1) is 11.3 Å². The summed E-state index contributed by atoms with van der Waals surface area (Å²) >= 11 is 2.56. The van der Waals surface area contributed by atoms with Crippen molar-refractivity contribution in [3.05, 3.63) is 17.0 Å². The molecule has 0 bridgehead atoms. The van der Waals surface area contributed by atoms with Crippen LogP contribution in [0.3, 0.4) is 0 Å². The monoisotopic (exact) mass is 339 g/mol. The van der Waals surface area contributed by atoms with Gasteiger partial charge in [0.2, 0.25) is 11.8 Å².